The Kier molecular flexibility index (Phi) is 5.95. The second-order valence-corrected chi connectivity index (χ2v) is 7.75. The third kappa shape index (κ3) is 3.63. The van der Waals surface area contributed by atoms with Crippen molar-refractivity contribution in [1.82, 2.24) is 5.32 Å². The predicted octanol–water partition coefficient (Wildman–Crippen LogP) is 3.99. The van der Waals surface area contributed by atoms with Gasteiger partial charge in [0.15, 0.2) is 11.5 Å². The van der Waals surface area contributed by atoms with Crippen LogP contribution in [0.3, 0.4) is 0 Å². The van der Waals surface area contributed by atoms with Crippen LogP contribution in [0.25, 0.3) is 0 Å². The number of anilines is 1. The molecular formula is C24H28N2O4. The lowest BCUT2D eigenvalue weighted by atomic mass is 9.76. The van der Waals surface area contributed by atoms with E-state index < -0.39 is 0 Å². The molecule has 3 N–H and O–H groups in total. The van der Waals surface area contributed by atoms with E-state index in [9.17, 15) is 9.90 Å². The average molecular weight is 408 g/mol. The Hall–Kier alpha value is -2.99. The van der Waals surface area contributed by atoms with Crippen LogP contribution in [-0.4, -0.2) is 38.4 Å². The monoisotopic (exact) mass is 408 g/mol. The molecule has 0 radical (unpaired) electrons. The van der Waals surface area contributed by atoms with Crippen molar-refractivity contribution < 1.29 is 19.4 Å². The third-order valence-corrected chi connectivity index (χ3v) is 6.04. The Bertz CT molecular complexity index is 956. The molecule has 0 fully saturated rings. The summed E-state index contributed by atoms with van der Waals surface area (Å²) < 4.78 is 10.4. The normalized spacial score (nSPS) is 21.5. The number of methoxy groups -OCH3 is 2. The number of carbonyl (C=O) groups is 1. The molecule has 2 aromatic carbocycles. The first kappa shape index (κ1) is 20.3. The van der Waals surface area contributed by atoms with E-state index >= 15 is 0 Å². The quantitative estimate of drug-likeness (QED) is 0.477. The standard InChI is InChI=1S/C24H28N2O4/c1-29-14-6-13-25-24(28)19-11-4-9-17-15-7-3-8-16(15)21(26-22(17)19)18-10-5-12-20(30-2)23(18)27/h3-5,7,9-12,15-16,21,26-27H,6,8,13-14H2,1-2H3,(H,25,28). The maximum absolute atomic E-state index is 12.9. The summed E-state index contributed by atoms with van der Waals surface area (Å²) in [6, 6.07) is 11.3. The average Bonchev–Trinajstić information content (AvgIpc) is 3.26. The van der Waals surface area contributed by atoms with Gasteiger partial charge in [-0.05, 0) is 36.5 Å². The molecule has 0 spiro atoms. The molecule has 158 valence electrons. The summed E-state index contributed by atoms with van der Waals surface area (Å²) >= 11 is 0. The van der Waals surface area contributed by atoms with Crippen LogP contribution in [0.5, 0.6) is 11.5 Å². The summed E-state index contributed by atoms with van der Waals surface area (Å²) in [6.07, 6.45) is 6.08. The van der Waals surface area contributed by atoms with Gasteiger partial charge in [-0.2, -0.15) is 0 Å². The second kappa shape index (κ2) is 8.79. The van der Waals surface area contributed by atoms with Crippen molar-refractivity contribution in [1.29, 1.82) is 0 Å². The van der Waals surface area contributed by atoms with Gasteiger partial charge in [0.05, 0.1) is 24.4 Å². The first-order valence-corrected chi connectivity index (χ1v) is 10.3. The van der Waals surface area contributed by atoms with E-state index in [2.05, 4.69) is 28.9 Å². The minimum Gasteiger partial charge on any atom is -0.504 e. The summed E-state index contributed by atoms with van der Waals surface area (Å²) in [5.41, 5.74) is 3.36. The highest BCUT2D eigenvalue weighted by Crippen LogP contribution is 2.52. The predicted molar refractivity (Wildman–Crippen MR) is 116 cm³/mol. The fourth-order valence-electron chi connectivity index (χ4n) is 4.59. The van der Waals surface area contributed by atoms with Gasteiger partial charge in [0.25, 0.3) is 5.91 Å². The van der Waals surface area contributed by atoms with Crippen LogP contribution >= 0.6 is 0 Å². The largest absolute Gasteiger partial charge is 0.504 e. The van der Waals surface area contributed by atoms with Crippen molar-refractivity contribution in [3.8, 4) is 11.5 Å². The molecule has 0 saturated carbocycles. The summed E-state index contributed by atoms with van der Waals surface area (Å²) in [5, 5.41) is 17.3. The Morgan fingerprint density at radius 3 is 2.80 bits per heavy atom. The van der Waals surface area contributed by atoms with Crippen molar-refractivity contribution in [2.24, 2.45) is 5.92 Å². The summed E-state index contributed by atoms with van der Waals surface area (Å²) in [6.45, 7) is 1.17. The van der Waals surface area contributed by atoms with Crippen molar-refractivity contribution in [2.45, 2.75) is 24.8 Å². The van der Waals surface area contributed by atoms with Gasteiger partial charge in [-0.25, -0.2) is 0 Å². The Labute approximate surface area is 176 Å². The highest BCUT2D eigenvalue weighted by molar-refractivity contribution is 6.00. The lowest BCUT2D eigenvalue weighted by Crippen LogP contribution is -2.32. The highest BCUT2D eigenvalue weighted by Gasteiger charge is 2.40. The van der Waals surface area contributed by atoms with Crippen LogP contribution in [0, 0.1) is 5.92 Å². The van der Waals surface area contributed by atoms with Crippen molar-refractivity contribution >= 4 is 11.6 Å². The molecule has 0 bridgehead atoms. The van der Waals surface area contributed by atoms with Crippen LogP contribution in [0.1, 0.15) is 46.3 Å². The number of allylic oxidation sites excluding steroid dienone is 2. The zero-order valence-corrected chi connectivity index (χ0v) is 17.4. The summed E-state index contributed by atoms with van der Waals surface area (Å²) in [4.78, 5) is 12.9. The minimum atomic E-state index is -0.130. The number of phenolic OH excluding ortho intramolecular Hbond substituents is 1. The molecular weight excluding hydrogens is 380 g/mol. The molecule has 4 rings (SSSR count). The van der Waals surface area contributed by atoms with Crippen molar-refractivity contribution in [3.63, 3.8) is 0 Å². The number of fused-ring (bicyclic) bond motifs is 3. The Morgan fingerprint density at radius 1 is 1.20 bits per heavy atom. The van der Waals surface area contributed by atoms with Gasteiger partial charge in [0.1, 0.15) is 0 Å². The number of amides is 1. The number of nitrogens with one attached hydrogen (secondary N) is 2. The zero-order chi connectivity index (χ0) is 21.1. The topological polar surface area (TPSA) is 79.8 Å². The number of hydrogen-bond donors (Lipinski definition) is 3. The molecule has 30 heavy (non-hydrogen) atoms. The second-order valence-electron chi connectivity index (χ2n) is 7.75. The molecule has 1 amide bonds. The SMILES string of the molecule is COCCCNC(=O)c1cccc2c1NC(c1cccc(OC)c1O)C1CC=CC21. The van der Waals surface area contributed by atoms with Crippen LogP contribution in [-0.2, 0) is 4.74 Å². The molecule has 1 heterocycles. The van der Waals surface area contributed by atoms with E-state index in [1.54, 1.807) is 20.3 Å². The van der Waals surface area contributed by atoms with Crippen LogP contribution < -0.4 is 15.4 Å². The Morgan fingerprint density at radius 2 is 2.00 bits per heavy atom. The maximum atomic E-state index is 12.9. The zero-order valence-electron chi connectivity index (χ0n) is 17.4. The van der Waals surface area contributed by atoms with E-state index in [0.29, 0.717) is 24.5 Å². The lowest BCUT2D eigenvalue weighted by Gasteiger charge is -2.38. The molecule has 3 unspecified atom stereocenters. The minimum absolute atomic E-state index is 0.107. The first-order valence-electron chi connectivity index (χ1n) is 10.3. The number of hydrogen-bond acceptors (Lipinski definition) is 5. The third-order valence-electron chi connectivity index (χ3n) is 6.04. The van der Waals surface area contributed by atoms with Gasteiger partial charge in [0.2, 0.25) is 0 Å². The van der Waals surface area contributed by atoms with Gasteiger partial charge in [-0.15, -0.1) is 0 Å². The van der Waals surface area contributed by atoms with E-state index in [1.165, 1.54) is 0 Å². The van der Waals surface area contributed by atoms with Crippen LogP contribution in [0.15, 0.2) is 48.6 Å². The molecule has 6 nitrogen and oxygen atoms in total. The first-order chi connectivity index (χ1) is 14.7. The van der Waals surface area contributed by atoms with Crippen LogP contribution in [0.2, 0.25) is 0 Å². The van der Waals surface area contributed by atoms with Gasteiger partial charge in [-0.3, -0.25) is 4.79 Å². The highest BCUT2D eigenvalue weighted by atomic mass is 16.5. The number of para-hydroxylation sites is 2. The van der Waals surface area contributed by atoms with Gasteiger partial charge < -0.3 is 25.2 Å². The number of benzene rings is 2. The number of carbonyl (C=O) groups excluding carboxylic acids is 1. The van der Waals surface area contributed by atoms with Gasteiger partial charge >= 0.3 is 0 Å². The van der Waals surface area contributed by atoms with Crippen molar-refractivity contribution in [2.75, 3.05) is 32.7 Å². The fraction of sp³-hybridized carbons (Fsp3) is 0.375. The maximum Gasteiger partial charge on any atom is 0.253 e. The van der Waals surface area contributed by atoms with Crippen molar-refractivity contribution in [3.05, 3.63) is 65.2 Å². The fourth-order valence-corrected chi connectivity index (χ4v) is 4.59. The molecule has 2 aliphatic rings. The van der Waals surface area contributed by atoms with E-state index in [-0.39, 0.29) is 29.5 Å². The number of ether oxygens (including phenoxy) is 2. The Balaban J connectivity index is 1.69. The molecule has 1 aliphatic heterocycles. The summed E-state index contributed by atoms with van der Waals surface area (Å²) in [5.74, 6) is 0.943. The molecule has 2 aromatic rings. The lowest BCUT2D eigenvalue weighted by molar-refractivity contribution is 0.0949. The van der Waals surface area contributed by atoms with E-state index in [4.69, 9.17) is 9.47 Å². The van der Waals surface area contributed by atoms with Gasteiger partial charge in [0, 0.05) is 31.7 Å². The van der Waals surface area contributed by atoms with E-state index in [0.717, 1.165) is 29.7 Å². The van der Waals surface area contributed by atoms with Gasteiger partial charge in [-0.1, -0.05) is 36.4 Å². The molecule has 6 heteroatoms. The molecule has 0 saturated heterocycles. The molecule has 3 atom stereocenters. The number of aromatic hydroxyl groups is 1. The van der Waals surface area contributed by atoms with E-state index in [1.807, 2.05) is 24.3 Å². The van der Waals surface area contributed by atoms with Crippen LogP contribution in [0.4, 0.5) is 5.69 Å². The smallest absolute Gasteiger partial charge is 0.253 e. The molecule has 0 aromatic heterocycles. The number of phenols is 1. The number of rotatable bonds is 7. The molecule has 1 aliphatic carbocycles. The summed E-state index contributed by atoms with van der Waals surface area (Å²) in [7, 11) is 3.20.